The molecule has 0 saturated carbocycles. The highest BCUT2D eigenvalue weighted by Crippen LogP contribution is 2.11. The fourth-order valence-electron chi connectivity index (χ4n) is 2.13. The number of ether oxygens (including phenoxy) is 2. The summed E-state index contributed by atoms with van der Waals surface area (Å²) in [5.74, 6) is -0.682. The zero-order chi connectivity index (χ0) is 15.1. The Kier molecular flexibility index (Phi) is 5.51. The van der Waals surface area contributed by atoms with E-state index >= 15 is 0 Å². The second-order valence-corrected chi connectivity index (χ2v) is 4.70. The highest BCUT2D eigenvalue weighted by atomic mass is 16.5. The quantitative estimate of drug-likeness (QED) is 0.587. The number of carbonyl (C=O) groups is 2. The summed E-state index contributed by atoms with van der Waals surface area (Å²) in [4.78, 5) is 25.3. The molecule has 0 saturated heterocycles. The summed E-state index contributed by atoms with van der Waals surface area (Å²) in [6, 6.07) is 8.99. The summed E-state index contributed by atoms with van der Waals surface area (Å²) < 4.78 is 10.2. The van der Waals surface area contributed by atoms with Crippen molar-refractivity contribution < 1.29 is 19.1 Å². The Morgan fingerprint density at radius 2 is 2.00 bits per heavy atom. The van der Waals surface area contributed by atoms with Crippen LogP contribution in [0.4, 0.5) is 0 Å². The first-order valence-corrected chi connectivity index (χ1v) is 6.97. The van der Waals surface area contributed by atoms with Gasteiger partial charge in [-0.2, -0.15) is 0 Å². The van der Waals surface area contributed by atoms with Crippen molar-refractivity contribution in [2.45, 2.75) is 19.6 Å². The molecule has 1 aliphatic heterocycles. The van der Waals surface area contributed by atoms with Gasteiger partial charge in [0.15, 0.2) is 0 Å². The fraction of sp³-hybridized carbons (Fsp3) is 0.375. The summed E-state index contributed by atoms with van der Waals surface area (Å²) in [5.41, 5.74) is 0.937. The molecule has 0 bridgehead atoms. The highest BCUT2D eigenvalue weighted by molar-refractivity contribution is 5.80. The maximum atomic E-state index is 11.9. The second-order valence-electron chi connectivity index (χ2n) is 4.70. The minimum absolute atomic E-state index is 0.0727. The number of esters is 2. The first-order chi connectivity index (χ1) is 10.2. The summed E-state index contributed by atoms with van der Waals surface area (Å²) in [6.45, 7) is 2.95. The van der Waals surface area contributed by atoms with Crippen molar-refractivity contribution in [2.24, 2.45) is 0 Å². The first-order valence-electron chi connectivity index (χ1n) is 6.97. The molecule has 1 aromatic carbocycles. The number of nitrogens with zero attached hydrogens (tertiary/aromatic N) is 1. The summed E-state index contributed by atoms with van der Waals surface area (Å²) in [7, 11) is 0. The predicted octanol–water partition coefficient (Wildman–Crippen LogP) is 1.53. The van der Waals surface area contributed by atoms with E-state index < -0.39 is 6.04 Å². The van der Waals surface area contributed by atoms with Crippen LogP contribution in [0.1, 0.15) is 12.5 Å². The van der Waals surface area contributed by atoms with Gasteiger partial charge in [0.2, 0.25) is 0 Å². The van der Waals surface area contributed by atoms with Gasteiger partial charge in [0.25, 0.3) is 0 Å². The van der Waals surface area contributed by atoms with Gasteiger partial charge in [-0.25, -0.2) is 0 Å². The van der Waals surface area contributed by atoms with Crippen molar-refractivity contribution in [2.75, 3.05) is 19.7 Å². The lowest BCUT2D eigenvalue weighted by Crippen LogP contribution is -2.41. The van der Waals surface area contributed by atoms with E-state index in [1.165, 1.54) is 0 Å². The Morgan fingerprint density at radius 3 is 2.71 bits per heavy atom. The summed E-state index contributed by atoms with van der Waals surface area (Å²) in [5, 5.41) is 0. The molecule has 1 heterocycles. The molecule has 1 atom stereocenters. The Morgan fingerprint density at radius 1 is 1.24 bits per heavy atom. The minimum Gasteiger partial charge on any atom is -0.465 e. The molecule has 0 unspecified atom stereocenters. The number of benzene rings is 1. The molecule has 0 fully saturated rings. The highest BCUT2D eigenvalue weighted by Gasteiger charge is 2.29. The van der Waals surface area contributed by atoms with Gasteiger partial charge in [-0.1, -0.05) is 42.5 Å². The molecule has 0 aromatic heterocycles. The van der Waals surface area contributed by atoms with Gasteiger partial charge >= 0.3 is 11.9 Å². The monoisotopic (exact) mass is 289 g/mol. The smallest absolute Gasteiger partial charge is 0.327 e. The molecule has 0 spiro atoms. The minimum atomic E-state index is -0.491. The molecule has 0 radical (unpaired) electrons. The lowest BCUT2D eigenvalue weighted by molar-refractivity contribution is -0.150. The SMILES string of the molecule is CCOC(=O)[C@@H]1C=CCN1CC(=O)OCc1ccccc1. The average Bonchev–Trinajstić information content (AvgIpc) is 2.95. The van der Waals surface area contributed by atoms with Crippen LogP contribution < -0.4 is 0 Å². The van der Waals surface area contributed by atoms with Crippen LogP contribution in [-0.4, -0.2) is 42.6 Å². The molecule has 0 aliphatic carbocycles. The Labute approximate surface area is 124 Å². The van der Waals surface area contributed by atoms with Gasteiger partial charge in [0.1, 0.15) is 12.6 Å². The molecule has 5 heteroatoms. The zero-order valence-electron chi connectivity index (χ0n) is 12.0. The molecular weight excluding hydrogens is 270 g/mol. The fourth-order valence-corrected chi connectivity index (χ4v) is 2.13. The van der Waals surface area contributed by atoms with Crippen molar-refractivity contribution in [1.29, 1.82) is 0 Å². The van der Waals surface area contributed by atoms with E-state index in [1.807, 2.05) is 36.4 Å². The van der Waals surface area contributed by atoms with Crippen LogP contribution in [0.5, 0.6) is 0 Å². The van der Waals surface area contributed by atoms with Crippen LogP contribution >= 0.6 is 0 Å². The number of hydrogen-bond donors (Lipinski definition) is 0. The standard InChI is InChI=1S/C16H19NO4/c1-2-20-16(19)14-9-6-10-17(14)11-15(18)21-12-13-7-4-3-5-8-13/h3-9,14H,2,10-12H2,1H3/t14-/m0/s1. The molecule has 5 nitrogen and oxygen atoms in total. The van der Waals surface area contributed by atoms with Crippen molar-refractivity contribution in [1.82, 2.24) is 4.90 Å². The largest absolute Gasteiger partial charge is 0.465 e. The van der Waals surface area contributed by atoms with E-state index in [2.05, 4.69) is 0 Å². The third-order valence-corrected chi connectivity index (χ3v) is 3.15. The predicted molar refractivity (Wildman–Crippen MR) is 77.4 cm³/mol. The molecule has 112 valence electrons. The van der Waals surface area contributed by atoms with Crippen LogP contribution in [0.25, 0.3) is 0 Å². The van der Waals surface area contributed by atoms with Crippen LogP contribution in [0.15, 0.2) is 42.5 Å². The van der Waals surface area contributed by atoms with Gasteiger partial charge in [-0.05, 0) is 12.5 Å². The zero-order valence-corrected chi connectivity index (χ0v) is 12.0. The van der Waals surface area contributed by atoms with Gasteiger partial charge < -0.3 is 9.47 Å². The molecule has 1 aliphatic rings. The van der Waals surface area contributed by atoms with E-state index in [4.69, 9.17) is 9.47 Å². The van der Waals surface area contributed by atoms with Crippen molar-refractivity contribution in [3.8, 4) is 0 Å². The van der Waals surface area contributed by atoms with Gasteiger partial charge in [-0.3, -0.25) is 14.5 Å². The van der Waals surface area contributed by atoms with Gasteiger partial charge in [-0.15, -0.1) is 0 Å². The van der Waals surface area contributed by atoms with E-state index in [9.17, 15) is 9.59 Å². The van der Waals surface area contributed by atoms with E-state index in [0.29, 0.717) is 13.2 Å². The number of hydrogen-bond acceptors (Lipinski definition) is 5. The van der Waals surface area contributed by atoms with E-state index in [0.717, 1.165) is 5.56 Å². The maximum Gasteiger partial charge on any atom is 0.327 e. The Bertz CT molecular complexity index is 512. The van der Waals surface area contributed by atoms with Crippen LogP contribution in [0.3, 0.4) is 0 Å². The molecule has 21 heavy (non-hydrogen) atoms. The molecule has 2 rings (SSSR count). The lowest BCUT2D eigenvalue weighted by atomic mass is 10.2. The van der Waals surface area contributed by atoms with Crippen LogP contribution in [0.2, 0.25) is 0 Å². The topological polar surface area (TPSA) is 55.8 Å². The van der Waals surface area contributed by atoms with Crippen molar-refractivity contribution in [3.05, 3.63) is 48.0 Å². The third kappa shape index (κ3) is 4.43. The van der Waals surface area contributed by atoms with Crippen molar-refractivity contribution >= 4 is 11.9 Å². The lowest BCUT2D eigenvalue weighted by Gasteiger charge is -2.21. The average molecular weight is 289 g/mol. The first kappa shape index (κ1) is 15.3. The summed E-state index contributed by atoms with van der Waals surface area (Å²) in [6.07, 6.45) is 3.61. The normalized spacial score (nSPS) is 17.7. The second kappa shape index (κ2) is 7.59. The van der Waals surface area contributed by atoms with Crippen LogP contribution in [-0.2, 0) is 25.7 Å². The number of carbonyl (C=O) groups excluding carboxylic acids is 2. The molecule has 1 aromatic rings. The maximum absolute atomic E-state index is 11.9. The van der Waals surface area contributed by atoms with Gasteiger partial charge in [0.05, 0.1) is 13.2 Å². The molecule has 0 N–H and O–H groups in total. The Hall–Kier alpha value is -2.14. The van der Waals surface area contributed by atoms with Crippen molar-refractivity contribution in [3.63, 3.8) is 0 Å². The number of rotatable bonds is 6. The molecular formula is C16H19NO4. The van der Waals surface area contributed by atoms with Gasteiger partial charge in [0, 0.05) is 6.54 Å². The summed E-state index contributed by atoms with van der Waals surface area (Å²) >= 11 is 0. The van der Waals surface area contributed by atoms with E-state index in [1.54, 1.807) is 17.9 Å². The van der Waals surface area contributed by atoms with Crippen LogP contribution in [0, 0.1) is 0 Å². The Balaban J connectivity index is 1.81. The molecule has 0 amide bonds. The third-order valence-electron chi connectivity index (χ3n) is 3.15. The van der Waals surface area contributed by atoms with E-state index in [-0.39, 0.29) is 25.1 Å².